The number of likely N-dealkylation sites (tertiary alicyclic amines) is 1. The second kappa shape index (κ2) is 7.62. The number of nitrogens with zero attached hydrogens (tertiary/aromatic N) is 4. The number of benzene rings is 1. The molecular weight excluding hydrogens is 385 g/mol. The lowest BCUT2D eigenvalue weighted by molar-refractivity contribution is -0.137. The highest BCUT2D eigenvalue weighted by Gasteiger charge is 2.40. The van der Waals surface area contributed by atoms with E-state index >= 15 is 0 Å². The molecule has 0 N–H and O–H groups in total. The Morgan fingerprint density at radius 1 is 1.03 bits per heavy atom. The Balaban J connectivity index is 1.36. The zero-order chi connectivity index (χ0) is 20.5. The molecule has 0 atom stereocenters. The Morgan fingerprint density at radius 2 is 1.72 bits per heavy atom. The van der Waals surface area contributed by atoms with E-state index in [9.17, 15) is 18.0 Å². The summed E-state index contributed by atoms with van der Waals surface area (Å²) in [7, 11) is 0. The van der Waals surface area contributed by atoms with Gasteiger partial charge >= 0.3 is 6.18 Å². The van der Waals surface area contributed by atoms with Gasteiger partial charge in [-0.15, -0.1) is 0 Å². The van der Waals surface area contributed by atoms with Crippen LogP contribution in [0.2, 0.25) is 0 Å². The first-order valence-electron chi connectivity index (χ1n) is 9.49. The summed E-state index contributed by atoms with van der Waals surface area (Å²) in [4.78, 5) is 24.7. The molecule has 29 heavy (non-hydrogen) atoms. The summed E-state index contributed by atoms with van der Waals surface area (Å²) in [5.74, 6) is 0.251. The van der Waals surface area contributed by atoms with Crippen LogP contribution in [0.4, 0.5) is 19.1 Å². The first-order valence-corrected chi connectivity index (χ1v) is 9.49. The number of alkyl halides is 3. The molecule has 2 aromatic rings. The monoisotopic (exact) mass is 406 g/mol. The number of piperidine rings is 1. The van der Waals surface area contributed by atoms with Gasteiger partial charge in [0.1, 0.15) is 6.73 Å². The van der Waals surface area contributed by atoms with E-state index in [0.717, 1.165) is 25.1 Å². The second-order valence-corrected chi connectivity index (χ2v) is 7.39. The van der Waals surface area contributed by atoms with Gasteiger partial charge in [-0.25, -0.2) is 9.97 Å². The zero-order valence-corrected chi connectivity index (χ0v) is 15.7. The van der Waals surface area contributed by atoms with Crippen molar-refractivity contribution >= 4 is 11.9 Å². The summed E-state index contributed by atoms with van der Waals surface area (Å²) in [5, 5.41) is 0. The number of amides is 1. The van der Waals surface area contributed by atoms with Crippen molar-refractivity contribution in [1.82, 2.24) is 14.9 Å². The van der Waals surface area contributed by atoms with E-state index in [2.05, 4.69) is 9.97 Å². The molecule has 2 aliphatic heterocycles. The molecule has 3 heterocycles. The molecule has 1 aromatic heterocycles. The average Bonchev–Trinajstić information content (AvgIpc) is 2.74. The molecule has 154 valence electrons. The highest BCUT2D eigenvalue weighted by molar-refractivity contribution is 5.94. The Labute approximate surface area is 166 Å². The number of rotatable bonds is 2. The predicted molar refractivity (Wildman–Crippen MR) is 99.3 cm³/mol. The lowest BCUT2D eigenvalue weighted by Gasteiger charge is -2.46. The van der Waals surface area contributed by atoms with Gasteiger partial charge < -0.3 is 14.5 Å². The maximum atomic E-state index is 12.9. The van der Waals surface area contributed by atoms with Crippen LogP contribution in [0.1, 0.15) is 35.2 Å². The minimum absolute atomic E-state index is 0.0627. The lowest BCUT2D eigenvalue weighted by Crippen LogP contribution is -2.54. The van der Waals surface area contributed by atoms with E-state index in [0.29, 0.717) is 38.6 Å². The van der Waals surface area contributed by atoms with Crippen LogP contribution in [-0.4, -0.2) is 52.7 Å². The Bertz CT molecular complexity index is 858. The van der Waals surface area contributed by atoms with Crippen molar-refractivity contribution < 1.29 is 22.7 Å². The van der Waals surface area contributed by atoms with Crippen LogP contribution < -0.4 is 4.90 Å². The number of carbonyl (C=O) groups is 1. The normalized spacial score (nSPS) is 19.4. The van der Waals surface area contributed by atoms with Crippen LogP contribution in [0.3, 0.4) is 0 Å². The molecule has 0 radical (unpaired) electrons. The maximum Gasteiger partial charge on any atom is 0.416 e. The van der Waals surface area contributed by atoms with Crippen LogP contribution in [-0.2, 0) is 10.9 Å². The van der Waals surface area contributed by atoms with Crippen molar-refractivity contribution in [2.75, 3.05) is 31.3 Å². The van der Waals surface area contributed by atoms with Gasteiger partial charge in [-0.2, -0.15) is 13.2 Å². The molecule has 2 saturated heterocycles. The fourth-order valence-electron chi connectivity index (χ4n) is 3.83. The van der Waals surface area contributed by atoms with Gasteiger partial charge in [0.15, 0.2) is 0 Å². The van der Waals surface area contributed by atoms with Crippen molar-refractivity contribution in [2.24, 2.45) is 0 Å². The van der Waals surface area contributed by atoms with Crippen molar-refractivity contribution in [3.8, 4) is 0 Å². The quantitative estimate of drug-likeness (QED) is 0.766. The van der Waals surface area contributed by atoms with Gasteiger partial charge in [0.2, 0.25) is 5.95 Å². The van der Waals surface area contributed by atoms with E-state index in [1.165, 1.54) is 12.1 Å². The first-order chi connectivity index (χ1) is 13.9. The van der Waals surface area contributed by atoms with Crippen LogP contribution >= 0.6 is 0 Å². The predicted octanol–water partition coefficient (Wildman–Crippen LogP) is 3.35. The molecule has 1 amide bonds. The molecule has 0 saturated carbocycles. The highest BCUT2D eigenvalue weighted by atomic mass is 19.4. The van der Waals surface area contributed by atoms with Crippen LogP contribution in [0, 0.1) is 0 Å². The van der Waals surface area contributed by atoms with Crippen molar-refractivity contribution in [3.05, 3.63) is 53.9 Å². The van der Waals surface area contributed by atoms with E-state index in [4.69, 9.17) is 4.74 Å². The minimum atomic E-state index is -4.47. The molecule has 0 unspecified atom stereocenters. The molecule has 0 aliphatic carbocycles. The maximum absolute atomic E-state index is 12.9. The fraction of sp³-hybridized carbons (Fsp3) is 0.450. The number of hydrogen-bond donors (Lipinski definition) is 0. The van der Waals surface area contributed by atoms with Crippen LogP contribution in [0.15, 0.2) is 42.7 Å². The molecule has 1 aromatic carbocycles. The van der Waals surface area contributed by atoms with E-state index in [1.54, 1.807) is 23.4 Å². The minimum Gasteiger partial charge on any atom is -0.354 e. The lowest BCUT2D eigenvalue weighted by atomic mass is 9.86. The zero-order valence-electron chi connectivity index (χ0n) is 15.7. The van der Waals surface area contributed by atoms with Crippen LogP contribution in [0.25, 0.3) is 0 Å². The van der Waals surface area contributed by atoms with Crippen LogP contribution in [0.5, 0.6) is 0 Å². The topological polar surface area (TPSA) is 58.6 Å². The average molecular weight is 406 g/mol. The second-order valence-electron chi connectivity index (χ2n) is 7.39. The summed E-state index contributed by atoms with van der Waals surface area (Å²) in [6, 6.07) is 6.34. The number of carbonyl (C=O) groups excluding carboxylic acids is 1. The third kappa shape index (κ3) is 4.19. The molecule has 0 bridgehead atoms. The molecule has 9 heteroatoms. The van der Waals surface area contributed by atoms with Gasteiger partial charge in [-0.05, 0) is 43.5 Å². The van der Waals surface area contributed by atoms with E-state index in [1.807, 2.05) is 4.90 Å². The van der Waals surface area contributed by atoms with E-state index in [-0.39, 0.29) is 17.1 Å². The Morgan fingerprint density at radius 3 is 2.34 bits per heavy atom. The molecule has 6 nitrogen and oxygen atoms in total. The number of halogens is 3. The van der Waals surface area contributed by atoms with Gasteiger partial charge in [0.25, 0.3) is 5.91 Å². The molecule has 1 spiro atoms. The molecule has 2 fully saturated rings. The van der Waals surface area contributed by atoms with Gasteiger partial charge in [-0.1, -0.05) is 6.07 Å². The van der Waals surface area contributed by atoms with Gasteiger partial charge in [0, 0.05) is 37.6 Å². The first kappa shape index (κ1) is 19.6. The molecule has 2 aliphatic rings. The summed E-state index contributed by atoms with van der Waals surface area (Å²) in [5.41, 5.74) is -1.06. The standard InChI is InChI=1S/C20H21F3N4O2/c21-20(22,23)16-4-1-3-15(13-16)17(28)26-10-5-19(6-11-26)7-12-27(14-29-19)18-24-8-2-9-25-18/h1-4,8-9,13H,5-7,10-12,14H2. The third-order valence-corrected chi connectivity index (χ3v) is 5.60. The van der Waals surface area contributed by atoms with Crippen molar-refractivity contribution in [3.63, 3.8) is 0 Å². The molecule has 4 rings (SSSR count). The van der Waals surface area contributed by atoms with Crippen molar-refractivity contribution in [1.29, 1.82) is 0 Å². The largest absolute Gasteiger partial charge is 0.416 e. The fourth-order valence-corrected chi connectivity index (χ4v) is 3.83. The smallest absolute Gasteiger partial charge is 0.354 e. The third-order valence-electron chi connectivity index (χ3n) is 5.60. The Kier molecular flexibility index (Phi) is 5.16. The highest BCUT2D eigenvalue weighted by Crippen LogP contribution is 2.35. The Hall–Kier alpha value is -2.68. The molecular formula is C20H21F3N4O2. The number of aromatic nitrogens is 2. The number of ether oxygens (including phenoxy) is 1. The van der Waals surface area contributed by atoms with Crippen molar-refractivity contribution in [2.45, 2.75) is 31.0 Å². The summed E-state index contributed by atoms with van der Waals surface area (Å²) in [6.45, 7) is 2.05. The summed E-state index contributed by atoms with van der Waals surface area (Å²) >= 11 is 0. The van der Waals surface area contributed by atoms with E-state index < -0.39 is 11.7 Å². The summed E-state index contributed by atoms with van der Waals surface area (Å²) in [6.07, 6.45) is 1.00. The summed E-state index contributed by atoms with van der Waals surface area (Å²) < 4.78 is 44.9. The number of anilines is 1. The van der Waals surface area contributed by atoms with Gasteiger partial charge in [0.05, 0.1) is 11.2 Å². The van der Waals surface area contributed by atoms with Gasteiger partial charge in [-0.3, -0.25) is 4.79 Å². The SMILES string of the molecule is O=C(c1cccc(C(F)(F)F)c1)N1CCC2(CC1)CCN(c1ncccn1)CO2. The number of hydrogen-bond acceptors (Lipinski definition) is 5.